The van der Waals surface area contributed by atoms with E-state index in [1.165, 1.54) is 18.2 Å². The summed E-state index contributed by atoms with van der Waals surface area (Å²) in [5.74, 6) is 1.60. The second-order valence-corrected chi connectivity index (χ2v) is 5.28. The van der Waals surface area contributed by atoms with Crippen molar-refractivity contribution in [2.24, 2.45) is 0 Å². The third-order valence-corrected chi connectivity index (χ3v) is 4.13. The molecule has 1 heterocycles. The SMILES string of the molecule is CN(C(=O)c1ccc(O)cc1O)C1CCSC1. The summed E-state index contributed by atoms with van der Waals surface area (Å²) in [5.41, 5.74) is 0.238. The van der Waals surface area contributed by atoms with Crippen LogP contribution in [-0.2, 0) is 0 Å². The maximum Gasteiger partial charge on any atom is 0.257 e. The molecule has 1 aromatic rings. The van der Waals surface area contributed by atoms with Gasteiger partial charge in [0.05, 0.1) is 5.56 Å². The third kappa shape index (κ3) is 2.49. The van der Waals surface area contributed by atoms with Gasteiger partial charge >= 0.3 is 0 Å². The van der Waals surface area contributed by atoms with Gasteiger partial charge in [-0.1, -0.05) is 0 Å². The van der Waals surface area contributed by atoms with Crippen LogP contribution in [0.15, 0.2) is 18.2 Å². The molecule has 1 fully saturated rings. The zero-order chi connectivity index (χ0) is 12.4. The van der Waals surface area contributed by atoms with Crippen LogP contribution in [0.4, 0.5) is 0 Å². The highest BCUT2D eigenvalue weighted by Gasteiger charge is 2.26. The van der Waals surface area contributed by atoms with E-state index in [-0.39, 0.29) is 29.0 Å². The first-order valence-electron chi connectivity index (χ1n) is 5.46. The van der Waals surface area contributed by atoms with Crippen molar-refractivity contribution in [2.75, 3.05) is 18.6 Å². The highest BCUT2D eigenvalue weighted by Crippen LogP contribution is 2.27. The van der Waals surface area contributed by atoms with Crippen LogP contribution < -0.4 is 0 Å². The van der Waals surface area contributed by atoms with E-state index >= 15 is 0 Å². The van der Waals surface area contributed by atoms with Gasteiger partial charge in [-0.3, -0.25) is 4.79 Å². The zero-order valence-electron chi connectivity index (χ0n) is 9.59. The van der Waals surface area contributed by atoms with E-state index in [1.54, 1.807) is 11.9 Å². The Morgan fingerprint density at radius 3 is 2.82 bits per heavy atom. The van der Waals surface area contributed by atoms with E-state index < -0.39 is 0 Å². The van der Waals surface area contributed by atoms with Gasteiger partial charge in [0.1, 0.15) is 11.5 Å². The lowest BCUT2D eigenvalue weighted by Gasteiger charge is -2.24. The number of carbonyl (C=O) groups is 1. The second kappa shape index (κ2) is 4.87. The Hall–Kier alpha value is -1.36. The highest BCUT2D eigenvalue weighted by molar-refractivity contribution is 7.99. The van der Waals surface area contributed by atoms with Crippen molar-refractivity contribution >= 4 is 17.7 Å². The molecule has 92 valence electrons. The average molecular weight is 253 g/mol. The first-order chi connectivity index (χ1) is 8.09. The van der Waals surface area contributed by atoms with Crippen molar-refractivity contribution in [1.29, 1.82) is 0 Å². The van der Waals surface area contributed by atoms with E-state index in [0.717, 1.165) is 17.9 Å². The molecule has 0 bridgehead atoms. The number of hydrogen-bond donors (Lipinski definition) is 2. The molecule has 1 aliphatic heterocycles. The standard InChI is InChI=1S/C12H15NO3S/c1-13(8-4-5-17-7-8)12(16)10-3-2-9(14)6-11(10)15/h2-3,6,8,14-15H,4-5,7H2,1H3. The smallest absolute Gasteiger partial charge is 0.257 e. The number of thioether (sulfide) groups is 1. The minimum absolute atomic E-state index is 0.0434. The molecule has 1 unspecified atom stereocenters. The van der Waals surface area contributed by atoms with Gasteiger partial charge in [0, 0.05) is 24.9 Å². The number of phenols is 2. The largest absolute Gasteiger partial charge is 0.508 e. The summed E-state index contributed by atoms with van der Waals surface area (Å²) in [6.45, 7) is 0. The van der Waals surface area contributed by atoms with Crippen molar-refractivity contribution in [1.82, 2.24) is 4.90 Å². The van der Waals surface area contributed by atoms with Crippen molar-refractivity contribution in [3.8, 4) is 11.5 Å². The third-order valence-electron chi connectivity index (χ3n) is 2.99. The van der Waals surface area contributed by atoms with Gasteiger partial charge in [0.15, 0.2) is 0 Å². The lowest BCUT2D eigenvalue weighted by molar-refractivity contribution is 0.0745. The molecule has 0 saturated carbocycles. The molecule has 1 aromatic carbocycles. The summed E-state index contributed by atoms with van der Waals surface area (Å²) in [4.78, 5) is 13.8. The Balaban J connectivity index is 2.18. The highest BCUT2D eigenvalue weighted by atomic mass is 32.2. The van der Waals surface area contributed by atoms with E-state index in [1.807, 2.05) is 11.8 Å². The van der Waals surface area contributed by atoms with Gasteiger partial charge in [0.2, 0.25) is 0 Å². The molecule has 1 saturated heterocycles. The summed E-state index contributed by atoms with van der Waals surface area (Å²) < 4.78 is 0. The van der Waals surface area contributed by atoms with Crippen LogP contribution in [0.3, 0.4) is 0 Å². The van der Waals surface area contributed by atoms with E-state index in [9.17, 15) is 15.0 Å². The van der Waals surface area contributed by atoms with Crippen LogP contribution in [0.2, 0.25) is 0 Å². The molecule has 5 heteroatoms. The Morgan fingerprint density at radius 2 is 2.24 bits per heavy atom. The lowest BCUT2D eigenvalue weighted by atomic mass is 10.1. The number of rotatable bonds is 2. The number of aromatic hydroxyl groups is 2. The fourth-order valence-corrected chi connectivity index (χ4v) is 3.15. The maximum absolute atomic E-state index is 12.1. The van der Waals surface area contributed by atoms with Crippen molar-refractivity contribution < 1.29 is 15.0 Å². The van der Waals surface area contributed by atoms with Gasteiger partial charge in [-0.15, -0.1) is 0 Å². The van der Waals surface area contributed by atoms with Crippen LogP contribution in [0.25, 0.3) is 0 Å². The topological polar surface area (TPSA) is 60.8 Å². The Kier molecular flexibility index (Phi) is 3.47. The molecular weight excluding hydrogens is 238 g/mol. The fraction of sp³-hybridized carbons (Fsp3) is 0.417. The number of hydrogen-bond acceptors (Lipinski definition) is 4. The molecule has 0 aliphatic carbocycles. The van der Waals surface area contributed by atoms with Crippen molar-refractivity contribution in [2.45, 2.75) is 12.5 Å². The van der Waals surface area contributed by atoms with Gasteiger partial charge in [-0.2, -0.15) is 11.8 Å². The number of carbonyl (C=O) groups excluding carboxylic acids is 1. The normalized spacial score (nSPS) is 19.2. The van der Waals surface area contributed by atoms with Crippen LogP contribution in [0, 0.1) is 0 Å². The van der Waals surface area contributed by atoms with Crippen LogP contribution in [0.5, 0.6) is 11.5 Å². The zero-order valence-corrected chi connectivity index (χ0v) is 10.4. The van der Waals surface area contributed by atoms with Gasteiger partial charge in [-0.25, -0.2) is 0 Å². The first-order valence-corrected chi connectivity index (χ1v) is 6.62. The van der Waals surface area contributed by atoms with Crippen LogP contribution in [0.1, 0.15) is 16.8 Å². The van der Waals surface area contributed by atoms with Gasteiger partial charge in [0.25, 0.3) is 5.91 Å². The molecule has 4 nitrogen and oxygen atoms in total. The van der Waals surface area contributed by atoms with Gasteiger partial charge in [-0.05, 0) is 24.3 Å². The minimum Gasteiger partial charge on any atom is -0.508 e. The van der Waals surface area contributed by atoms with E-state index in [0.29, 0.717) is 0 Å². The molecular formula is C12H15NO3S. The van der Waals surface area contributed by atoms with Crippen molar-refractivity contribution in [3.05, 3.63) is 23.8 Å². The monoisotopic (exact) mass is 253 g/mol. The molecule has 2 rings (SSSR count). The molecule has 17 heavy (non-hydrogen) atoms. The number of benzene rings is 1. The quantitative estimate of drug-likeness (QED) is 0.841. The summed E-state index contributed by atoms with van der Waals surface area (Å²) in [6.07, 6.45) is 0.992. The summed E-state index contributed by atoms with van der Waals surface area (Å²) >= 11 is 1.83. The minimum atomic E-state index is -0.199. The van der Waals surface area contributed by atoms with E-state index in [4.69, 9.17) is 0 Å². The van der Waals surface area contributed by atoms with Gasteiger partial charge < -0.3 is 15.1 Å². The predicted molar refractivity (Wildman–Crippen MR) is 67.6 cm³/mol. The maximum atomic E-state index is 12.1. The van der Waals surface area contributed by atoms with Crippen LogP contribution >= 0.6 is 11.8 Å². The number of amides is 1. The average Bonchev–Trinajstić information content (AvgIpc) is 2.80. The Morgan fingerprint density at radius 1 is 1.47 bits per heavy atom. The molecule has 0 spiro atoms. The number of nitrogens with zero attached hydrogens (tertiary/aromatic N) is 1. The fourth-order valence-electron chi connectivity index (χ4n) is 1.88. The molecule has 0 radical (unpaired) electrons. The van der Waals surface area contributed by atoms with Crippen molar-refractivity contribution in [3.63, 3.8) is 0 Å². The molecule has 1 atom stereocenters. The molecule has 0 aromatic heterocycles. The number of phenolic OH excluding ortho intramolecular Hbond substituents is 2. The predicted octanol–water partition coefficient (Wildman–Crippen LogP) is 1.68. The summed E-state index contributed by atoms with van der Waals surface area (Å²) in [5, 5.41) is 18.8. The molecule has 1 amide bonds. The van der Waals surface area contributed by atoms with Crippen LogP contribution in [-0.4, -0.2) is 45.6 Å². The Bertz CT molecular complexity index is 430. The van der Waals surface area contributed by atoms with E-state index in [2.05, 4.69) is 0 Å². The summed E-state index contributed by atoms with van der Waals surface area (Å²) in [6, 6.07) is 4.28. The molecule has 1 aliphatic rings. The first kappa shape index (κ1) is 12.1. The Labute approximate surface area is 104 Å². The lowest BCUT2D eigenvalue weighted by Crippen LogP contribution is -2.36. The second-order valence-electron chi connectivity index (χ2n) is 4.13. The summed E-state index contributed by atoms with van der Waals surface area (Å²) in [7, 11) is 1.76. The molecule has 2 N–H and O–H groups in total.